The zero-order valence-corrected chi connectivity index (χ0v) is 11.9. The minimum absolute atomic E-state index is 0.227. The van der Waals surface area contributed by atoms with Gasteiger partial charge in [0.1, 0.15) is 17.2 Å². The average molecular weight is 290 g/mol. The van der Waals surface area contributed by atoms with Gasteiger partial charge in [0.05, 0.1) is 5.88 Å². The van der Waals surface area contributed by atoms with E-state index in [4.69, 9.17) is 11.6 Å². The van der Waals surface area contributed by atoms with E-state index >= 15 is 0 Å². The number of fused-ring (bicyclic) bond motifs is 1. The Morgan fingerprint density at radius 1 is 1.15 bits per heavy atom. The summed E-state index contributed by atoms with van der Waals surface area (Å²) in [6.45, 7) is 3.66. The van der Waals surface area contributed by atoms with Gasteiger partial charge in [-0.1, -0.05) is 0 Å². The summed E-state index contributed by atoms with van der Waals surface area (Å²) in [5.74, 6) is 0.742. The SMILES string of the molecule is Cc1ccc2nc(CCl)n(-c3ccc(F)c(C)c3)c2n1. The summed E-state index contributed by atoms with van der Waals surface area (Å²) in [6.07, 6.45) is 0. The molecule has 0 fully saturated rings. The molecular weight excluding hydrogens is 277 g/mol. The van der Waals surface area contributed by atoms with Crippen molar-refractivity contribution in [3.05, 3.63) is 53.2 Å². The van der Waals surface area contributed by atoms with Crippen LogP contribution in [0.2, 0.25) is 0 Å². The van der Waals surface area contributed by atoms with Gasteiger partial charge in [-0.15, -0.1) is 11.6 Å². The number of aromatic nitrogens is 3. The smallest absolute Gasteiger partial charge is 0.164 e. The van der Waals surface area contributed by atoms with E-state index in [1.807, 2.05) is 23.6 Å². The van der Waals surface area contributed by atoms with E-state index in [-0.39, 0.29) is 11.7 Å². The molecule has 1 aromatic carbocycles. The molecule has 0 amide bonds. The largest absolute Gasteiger partial charge is 0.280 e. The third-order valence-corrected chi connectivity index (χ3v) is 3.47. The number of rotatable bonds is 2. The Balaban J connectivity index is 2.32. The number of imidazole rings is 1. The Kier molecular flexibility index (Phi) is 3.18. The fourth-order valence-corrected chi connectivity index (χ4v) is 2.41. The van der Waals surface area contributed by atoms with Crippen molar-refractivity contribution in [2.24, 2.45) is 0 Å². The maximum atomic E-state index is 13.4. The first-order chi connectivity index (χ1) is 9.60. The topological polar surface area (TPSA) is 30.7 Å². The number of alkyl halides is 1. The fourth-order valence-electron chi connectivity index (χ4n) is 2.23. The molecule has 0 aliphatic heterocycles. The lowest BCUT2D eigenvalue weighted by Gasteiger charge is -2.08. The molecule has 2 heterocycles. The quantitative estimate of drug-likeness (QED) is 0.670. The molecule has 0 saturated heterocycles. The van der Waals surface area contributed by atoms with E-state index < -0.39 is 0 Å². The van der Waals surface area contributed by atoms with E-state index in [1.165, 1.54) is 6.07 Å². The lowest BCUT2D eigenvalue weighted by Crippen LogP contribution is -2.01. The summed E-state index contributed by atoms with van der Waals surface area (Å²) in [5, 5.41) is 0. The molecule has 0 N–H and O–H groups in total. The van der Waals surface area contributed by atoms with E-state index in [0.717, 1.165) is 22.5 Å². The van der Waals surface area contributed by atoms with Crippen molar-refractivity contribution in [2.75, 3.05) is 0 Å². The van der Waals surface area contributed by atoms with Crippen molar-refractivity contribution < 1.29 is 4.39 Å². The first-order valence-corrected chi connectivity index (χ1v) is 6.81. The summed E-state index contributed by atoms with van der Waals surface area (Å²) in [5.41, 5.74) is 3.83. The highest BCUT2D eigenvalue weighted by atomic mass is 35.5. The maximum absolute atomic E-state index is 13.4. The lowest BCUT2D eigenvalue weighted by atomic mass is 10.2. The molecule has 0 aliphatic carbocycles. The number of halogens is 2. The summed E-state index contributed by atoms with van der Waals surface area (Å²) >= 11 is 5.98. The third kappa shape index (κ3) is 2.06. The van der Waals surface area contributed by atoms with Crippen molar-refractivity contribution in [2.45, 2.75) is 19.7 Å². The third-order valence-electron chi connectivity index (χ3n) is 3.23. The Bertz CT molecular complexity index is 795. The van der Waals surface area contributed by atoms with E-state index in [0.29, 0.717) is 11.4 Å². The van der Waals surface area contributed by atoms with Crippen LogP contribution < -0.4 is 0 Å². The molecule has 0 unspecified atom stereocenters. The van der Waals surface area contributed by atoms with Crippen LogP contribution in [0.1, 0.15) is 17.1 Å². The summed E-state index contributed by atoms with van der Waals surface area (Å²) < 4.78 is 15.3. The van der Waals surface area contributed by atoms with Crippen LogP contribution in [0.25, 0.3) is 16.9 Å². The summed E-state index contributed by atoms with van der Waals surface area (Å²) in [4.78, 5) is 9.00. The van der Waals surface area contributed by atoms with Gasteiger partial charge >= 0.3 is 0 Å². The molecule has 3 aromatic rings. The second kappa shape index (κ2) is 4.87. The number of benzene rings is 1. The molecule has 3 rings (SSSR count). The monoisotopic (exact) mass is 289 g/mol. The van der Waals surface area contributed by atoms with Crippen molar-refractivity contribution in [1.29, 1.82) is 0 Å². The minimum Gasteiger partial charge on any atom is -0.280 e. The van der Waals surface area contributed by atoms with Gasteiger partial charge in [-0.25, -0.2) is 14.4 Å². The first-order valence-electron chi connectivity index (χ1n) is 6.27. The maximum Gasteiger partial charge on any atom is 0.164 e. The molecule has 5 heteroatoms. The normalized spacial score (nSPS) is 11.2. The Morgan fingerprint density at radius 3 is 2.65 bits per heavy atom. The number of pyridine rings is 1. The number of aryl methyl sites for hydroxylation is 2. The average Bonchev–Trinajstić information content (AvgIpc) is 2.79. The van der Waals surface area contributed by atoms with E-state index in [2.05, 4.69) is 9.97 Å². The predicted molar refractivity (Wildman–Crippen MR) is 77.9 cm³/mol. The minimum atomic E-state index is -0.227. The van der Waals surface area contributed by atoms with Crippen LogP contribution in [0.3, 0.4) is 0 Å². The van der Waals surface area contributed by atoms with Crippen LogP contribution in [0.15, 0.2) is 30.3 Å². The molecule has 102 valence electrons. The van der Waals surface area contributed by atoms with Crippen LogP contribution in [0, 0.1) is 19.7 Å². The van der Waals surface area contributed by atoms with E-state index in [9.17, 15) is 4.39 Å². The van der Waals surface area contributed by atoms with Crippen molar-refractivity contribution in [3.63, 3.8) is 0 Å². The lowest BCUT2D eigenvalue weighted by molar-refractivity contribution is 0.618. The molecule has 0 aliphatic rings. The molecule has 0 spiro atoms. The Morgan fingerprint density at radius 2 is 1.95 bits per heavy atom. The molecule has 0 saturated carbocycles. The predicted octanol–water partition coefficient (Wildman–Crippen LogP) is 3.92. The summed E-state index contributed by atoms with van der Waals surface area (Å²) in [7, 11) is 0. The second-order valence-electron chi connectivity index (χ2n) is 4.73. The highest BCUT2D eigenvalue weighted by Crippen LogP contribution is 2.23. The van der Waals surface area contributed by atoms with Crippen LogP contribution in [-0.4, -0.2) is 14.5 Å². The van der Waals surface area contributed by atoms with Crippen LogP contribution >= 0.6 is 11.6 Å². The van der Waals surface area contributed by atoms with Gasteiger partial charge in [0, 0.05) is 11.4 Å². The molecule has 2 aromatic heterocycles. The molecule has 0 radical (unpaired) electrons. The van der Waals surface area contributed by atoms with E-state index in [1.54, 1.807) is 19.1 Å². The molecule has 0 atom stereocenters. The standard InChI is InChI=1S/C15H13ClFN3/c1-9-7-11(4-5-12(9)17)20-14(8-16)19-13-6-3-10(2)18-15(13)20/h3-7H,8H2,1-2H3. The number of nitrogens with zero attached hydrogens (tertiary/aromatic N) is 3. The van der Waals surface area contributed by atoms with Crippen molar-refractivity contribution in [1.82, 2.24) is 14.5 Å². The van der Waals surface area contributed by atoms with Gasteiger partial charge in [-0.2, -0.15) is 0 Å². The zero-order valence-electron chi connectivity index (χ0n) is 11.2. The van der Waals surface area contributed by atoms with Crippen LogP contribution in [-0.2, 0) is 5.88 Å². The van der Waals surface area contributed by atoms with Crippen LogP contribution in [0.4, 0.5) is 4.39 Å². The van der Waals surface area contributed by atoms with Gasteiger partial charge in [0.25, 0.3) is 0 Å². The van der Waals surface area contributed by atoms with Crippen molar-refractivity contribution >= 4 is 22.8 Å². The van der Waals surface area contributed by atoms with Gasteiger partial charge in [-0.3, -0.25) is 4.57 Å². The molecule has 20 heavy (non-hydrogen) atoms. The van der Waals surface area contributed by atoms with Gasteiger partial charge < -0.3 is 0 Å². The highest BCUT2D eigenvalue weighted by Gasteiger charge is 2.13. The summed E-state index contributed by atoms with van der Waals surface area (Å²) in [6, 6.07) is 8.76. The second-order valence-corrected chi connectivity index (χ2v) is 4.99. The zero-order chi connectivity index (χ0) is 14.3. The number of hydrogen-bond donors (Lipinski definition) is 0. The van der Waals surface area contributed by atoms with Gasteiger partial charge in [0.2, 0.25) is 0 Å². The Labute approximate surface area is 121 Å². The Hall–Kier alpha value is -1.94. The van der Waals surface area contributed by atoms with Gasteiger partial charge in [0.15, 0.2) is 5.65 Å². The highest BCUT2D eigenvalue weighted by molar-refractivity contribution is 6.16. The molecule has 0 bridgehead atoms. The fraction of sp³-hybridized carbons (Fsp3) is 0.200. The van der Waals surface area contributed by atoms with Crippen molar-refractivity contribution in [3.8, 4) is 5.69 Å². The van der Waals surface area contributed by atoms with Crippen LogP contribution in [0.5, 0.6) is 0 Å². The molecule has 3 nitrogen and oxygen atoms in total. The molecular formula is C15H13ClFN3. The number of hydrogen-bond acceptors (Lipinski definition) is 2. The van der Waals surface area contributed by atoms with Gasteiger partial charge in [-0.05, 0) is 49.7 Å². The first kappa shape index (κ1) is 13.1.